The second-order valence-electron chi connectivity index (χ2n) is 7.56. The Labute approximate surface area is 112 Å². The fourth-order valence-corrected chi connectivity index (χ4v) is 2.86. The summed E-state index contributed by atoms with van der Waals surface area (Å²) in [4.78, 5) is 0. The zero-order valence-corrected chi connectivity index (χ0v) is 12.5. The molecule has 1 unspecified atom stereocenters. The molecule has 0 spiro atoms. The highest BCUT2D eigenvalue weighted by atomic mass is 14.9. The molecule has 1 N–H and O–H groups in total. The van der Waals surface area contributed by atoms with E-state index in [-0.39, 0.29) is 0 Å². The largest absolute Gasteiger partial charge is 0.309 e. The van der Waals surface area contributed by atoms with E-state index in [1.54, 1.807) is 0 Å². The van der Waals surface area contributed by atoms with E-state index in [2.05, 4.69) is 64.2 Å². The average molecular weight is 245 g/mol. The van der Waals surface area contributed by atoms with Crippen LogP contribution in [-0.2, 0) is 6.42 Å². The molecule has 0 aliphatic heterocycles. The highest BCUT2D eigenvalue weighted by molar-refractivity contribution is 5.34. The standard InChI is InChI=1S/C17H27N/c1-16(2,3)12-18-15-14-9-7-6-8-13(14)10-11-17(15,4)5/h6-9,15,18H,10-12H2,1-5H3. The van der Waals surface area contributed by atoms with E-state index in [0.29, 0.717) is 16.9 Å². The van der Waals surface area contributed by atoms with Gasteiger partial charge in [0.2, 0.25) is 0 Å². The summed E-state index contributed by atoms with van der Waals surface area (Å²) in [6.07, 6.45) is 2.49. The van der Waals surface area contributed by atoms with Gasteiger partial charge in [0.15, 0.2) is 0 Å². The summed E-state index contributed by atoms with van der Waals surface area (Å²) in [7, 11) is 0. The molecule has 0 radical (unpaired) electrons. The van der Waals surface area contributed by atoms with Gasteiger partial charge in [-0.1, -0.05) is 58.9 Å². The van der Waals surface area contributed by atoms with Crippen LogP contribution in [0.5, 0.6) is 0 Å². The molecule has 0 saturated heterocycles. The van der Waals surface area contributed by atoms with Gasteiger partial charge in [0, 0.05) is 12.6 Å². The Hall–Kier alpha value is -0.820. The van der Waals surface area contributed by atoms with E-state index in [1.165, 1.54) is 24.0 Å². The SMILES string of the molecule is CC(C)(C)CNC1c2ccccc2CCC1(C)C. The molecule has 1 aliphatic carbocycles. The fourth-order valence-electron chi connectivity index (χ4n) is 2.86. The van der Waals surface area contributed by atoms with Crippen LogP contribution in [0.3, 0.4) is 0 Å². The molecule has 1 aromatic rings. The van der Waals surface area contributed by atoms with Crippen molar-refractivity contribution in [2.75, 3.05) is 6.54 Å². The van der Waals surface area contributed by atoms with Gasteiger partial charge in [-0.05, 0) is 34.8 Å². The van der Waals surface area contributed by atoms with Gasteiger partial charge in [-0.3, -0.25) is 0 Å². The number of hydrogen-bond acceptors (Lipinski definition) is 1. The molecule has 100 valence electrons. The summed E-state index contributed by atoms with van der Waals surface area (Å²) < 4.78 is 0. The van der Waals surface area contributed by atoms with E-state index in [4.69, 9.17) is 0 Å². The summed E-state index contributed by atoms with van der Waals surface area (Å²) in [5.74, 6) is 0. The van der Waals surface area contributed by atoms with Gasteiger partial charge in [0.1, 0.15) is 0 Å². The molecule has 0 aromatic heterocycles. The normalized spacial score (nSPS) is 22.6. The molecule has 1 nitrogen and oxygen atoms in total. The van der Waals surface area contributed by atoms with Gasteiger partial charge in [-0.15, -0.1) is 0 Å². The predicted octanol–water partition coefficient (Wildman–Crippen LogP) is 4.34. The molecule has 1 atom stereocenters. The van der Waals surface area contributed by atoms with E-state index < -0.39 is 0 Å². The van der Waals surface area contributed by atoms with E-state index >= 15 is 0 Å². The first-order valence-electron chi connectivity index (χ1n) is 7.11. The van der Waals surface area contributed by atoms with Crippen LogP contribution in [0.1, 0.15) is 58.2 Å². The Balaban J connectivity index is 2.25. The van der Waals surface area contributed by atoms with Crippen molar-refractivity contribution in [1.29, 1.82) is 0 Å². The van der Waals surface area contributed by atoms with Crippen molar-refractivity contribution < 1.29 is 0 Å². The third-order valence-electron chi connectivity index (χ3n) is 4.02. The van der Waals surface area contributed by atoms with Gasteiger partial charge in [-0.2, -0.15) is 0 Å². The highest BCUT2D eigenvalue weighted by Gasteiger charge is 2.35. The Kier molecular flexibility index (Phi) is 3.55. The van der Waals surface area contributed by atoms with Crippen molar-refractivity contribution in [2.24, 2.45) is 10.8 Å². The Bertz CT molecular complexity index is 412. The van der Waals surface area contributed by atoms with Crippen molar-refractivity contribution in [3.8, 4) is 0 Å². The molecule has 0 amide bonds. The zero-order valence-electron chi connectivity index (χ0n) is 12.5. The van der Waals surface area contributed by atoms with Crippen LogP contribution in [0.4, 0.5) is 0 Å². The number of fused-ring (bicyclic) bond motifs is 1. The lowest BCUT2D eigenvalue weighted by atomic mass is 9.70. The molecule has 1 heteroatoms. The topological polar surface area (TPSA) is 12.0 Å². The average Bonchev–Trinajstić information content (AvgIpc) is 2.25. The Morgan fingerprint density at radius 2 is 1.89 bits per heavy atom. The minimum Gasteiger partial charge on any atom is -0.309 e. The second-order valence-corrected chi connectivity index (χ2v) is 7.56. The van der Waals surface area contributed by atoms with Crippen LogP contribution >= 0.6 is 0 Å². The first kappa shape index (κ1) is 13.6. The van der Waals surface area contributed by atoms with Gasteiger partial charge in [0.05, 0.1) is 0 Å². The van der Waals surface area contributed by atoms with Crippen LogP contribution in [0.2, 0.25) is 0 Å². The third kappa shape index (κ3) is 2.95. The molecule has 0 bridgehead atoms. The molecule has 1 aliphatic rings. The van der Waals surface area contributed by atoms with Crippen molar-refractivity contribution in [1.82, 2.24) is 5.32 Å². The molecule has 18 heavy (non-hydrogen) atoms. The van der Waals surface area contributed by atoms with Gasteiger partial charge in [-0.25, -0.2) is 0 Å². The second kappa shape index (κ2) is 4.70. The van der Waals surface area contributed by atoms with Crippen molar-refractivity contribution >= 4 is 0 Å². The van der Waals surface area contributed by atoms with Gasteiger partial charge < -0.3 is 5.32 Å². The number of nitrogens with one attached hydrogen (secondary N) is 1. The first-order chi connectivity index (χ1) is 8.30. The Morgan fingerprint density at radius 1 is 1.22 bits per heavy atom. The summed E-state index contributed by atoms with van der Waals surface area (Å²) in [5.41, 5.74) is 3.73. The molecule has 0 saturated carbocycles. The van der Waals surface area contributed by atoms with Crippen LogP contribution in [0.25, 0.3) is 0 Å². The summed E-state index contributed by atoms with van der Waals surface area (Å²) >= 11 is 0. The van der Waals surface area contributed by atoms with E-state index in [1.807, 2.05) is 0 Å². The molecule has 0 fully saturated rings. The van der Waals surface area contributed by atoms with Crippen LogP contribution in [-0.4, -0.2) is 6.54 Å². The molecular formula is C17H27N. The maximum atomic E-state index is 3.81. The van der Waals surface area contributed by atoms with E-state index in [9.17, 15) is 0 Å². The lowest BCUT2D eigenvalue weighted by molar-refractivity contribution is 0.191. The minimum absolute atomic E-state index is 0.336. The molecule has 2 rings (SSSR count). The number of benzene rings is 1. The third-order valence-corrected chi connectivity index (χ3v) is 4.02. The van der Waals surface area contributed by atoms with Gasteiger partial charge >= 0.3 is 0 Å². The zero-order chi connectivity index (χ0) is 13.4. The summed E-state index contributed by atoms with van der Waals surface area (Å²) in [6, 6.07) is 9.42. The van der Waals surface area contributed by atoms with Crippen molar-refractivity contribution in [2.45, 2.75) is 53.5 Å². The molecular weight excluding hydrogens is 218 g/mol. The fraction of sp³-hybridized carbons (Fsp3) is 0.647. The number of rotatable bonds is 2. The predicted molar refractivity (Wildman–Crippen MR) is 78.7 cm³/mol. The molecule has 1 aromatic carbocycles. The minimum atomic E-state index is 0.336. The number of aryl methyl sites for hydroxylation is 1. The lowest BCUT2D eigenvalue weighted by Crippen LogP contribution is -2.41. The Morgan fingerprint density at radius 3 is 2.56 bits per heavy atom. The first-order valence-corrected chi connectivity index (χ1v) is 7.11. The van der Waals surface area contributed by atoms with E-state index in [0.717, 1.165) is 6.54 Å². The lowest BCUT2D eigenvalue weighted by Gasteiger charge is -2.42. The summed E-state index contributed by atoms with van der Waals surface area (Å²) in [5, 5.41) is 3.81. The van der Waals surface area contributed by atoms with Gasteiger partial charge in [0.25, 0.3) is 0 Å². The molecule has 0 heterocycles. The maximum Gasteiger partial charge on any atom is 0.0374 e. The van der Waals surface area contributed by atoms with Crippen LogP contribution in [0.15, 0.2) is 24.3 Å². The number of hydrogen-bond donors (Lipinski definition) is 1. The monoisotopic (exact) mass is 245 g/mol. The maximum absolute atomic E-state index is 3.81. The summed E-state index contributed by atoms with van der Waals surface area (Å²) in [6.45, 7) is 12.7. The van der Waals surface area contributed by atoms with Crippen molar-refractivity contribution in [3.05, 3.63) is 35.4 Å². The van der Waals surface area contributed by atoms with Crippen molar-refractivity contribution in [3.63, 3.8) is 0 Å². The highest BCUT2D eigenvalue weighted by Crippen LogP contribution is 2.43. The quantitative estimate of drug-likeness (QED) is 0.817. The van der Waals surface area contributed by atoms with Crippen LogP contribution < -0.4 is 5.32 Å². The smallest absolute Gasteiger partial charge is 0.0374 e. The van der Waals surface area contributed by atoms with Crippen LogP contribution in [0, 0.1) is 10.8 Å².